The number of hydrogen-bond donors (Lipinski definition) is 1. The van der Waals surface area contributed by atoms with Crippen LogP contribution in [0.15, 0.2) is 71.4 Å². The van der Waals surface area contributed by atoms with Gasteiger partial charge in [-0.25, -0.2) is 0 Å². The van der Waals surface area contributed by atoms with E-state index in [0.717, 1.165) is 16.9 Å². The zero-order valence-electron chi connectivity index (χ0n) is 17.1. The fraction of sp³-hybridized carbons (Fsp3) is 0.174. The van der Waals surface area contributed by atoms with Crippen LogP contribution in [0, 0.1) is 0 Å². The van der Waals surface area contributed by atoms with Crippen LogP contribution in [0.1, 0.15) is 18.5 Å². The minimum Gasteiger partial charge on any atom is -0.497 e. The minimum atomic E-state index is -0.165. The molecule has 0 spiro atoms. The SMILES string of the molecule is COc1cccc([C@@H](C)NC(=O)Cn2cccc2-c2nc(-c3ccc(Cl)cc3)no2)c1. The first-order valence-electron chi connectivity index (χ1n) is 9.72. The fourth-order valence-corrected chi connectivity index (χ4v) is 3.35. The number of amides is 1. The smallest absolute Gasteiger partial charge is 0.274 e. The van der Waals surface area contributed by atoms with E-state index < -0.39 is 0 Å². The topological polar surface area (TPSA) is 82.2 Å². The van der Waals surface area contributed by atoms with E-state index in [4.69, 9.17) is 20.9 Å². The van der Waals surface area contributed by atoms with Crippen LogP contribution >= 0.6 is 11.6 Å². The lowest BCUT2D eigenvalue weighted by Crippen LogP contribution is -2.30. The van der Waals surface area contributed by atoms with Gasteiger partial charge in [-0.05, 0) is 61.0 Å². The Kier molecular flexibility index (Phi) is 6.04. The monoisotopic (exact) mass is 436 g/mol. The van der Waals surface area contributed by atoms with Crippen molar-refractivity contribution in [3.63, 3.8) is 0 Å². The molecule has 0 saturated heterocycles. The highest BCUT2D eigenvalue weighted by molar-refractivity contribution is 6.30. The maximum absolute atomic E-state index is 12.6. The summed E-state index contributed by atoms with van der Waals surface area (Å²) in [5.74, 6) is 1.41. The lowest BCUT2D eigenvalue weighted by molar-refractivity contribution is -0.122. The van der Waals surface area contributed by atoms with Crippen LogP contribution in [0.25, 0.3) is 23.0 Å². The maximum atomic E-state index is 12.6. The molecule has 0 unspecified atom stereocenters. The molecule has 4 aromatic rings. The highest BCUT2D eigenvalue weighted by atomic mass is 35.5. The molecule has 2 heterocycles. The molecule has 4 rings (SSSR count). The molecule has 0 bridgehead atoms. The molecule has 2 aromatic carbocycles. The number of nitrogens with one attached hydrogen (secondary N) is 1. The Morgan fingerprint density at radius 3 is 2.77 bits per heavy atom. The summed E-state index contributed by atoms with van der Waals surface area (Å²) >= 11 is 5.93. The van der Waals surface area contributed by atoms with Crippen molar-refractivity contribution in [2.75, 3.05) is 7.11 Å². The molecule has 0 aliphatic rings. The molecule has 0 radical (unpaired) electrons. The quantitative estimate of drug-likeness (QED) is 0.452. The minimum absolute atomic E-state index is 0.120. The third-order valence-electron chi connectivity index (χ3n) is 4.86. The molecule has 0 fully saturated rings. The molecule has 1 amide bonds. The third kappa shape index (κ3) is 4.78. The number of nitrogens with zero attached hydrogens (tertiary/aromatic N) is 3. The first-order valence-corrected chi connectivity index (χ1v) is 10.1. The van der Waals surface area contributed by atoms with Crippen molar-refractivity contribution >= 4 is 17.5 Å². The van der Waals surface area contributed by atoms with Gasteiger partial charge in [0.1, 0.15) is 18.0 Å². The molecule has 0 saturated carbocycles. The zero-order chi connectivity index (χ0) is 21.8. The van der Waals surface area contributed by atoms with E-state index in [0.29, 0.717) is 22.4 Å². The highest BCUT2D eigenvalue weighted by Crippen LogP contribution is 2.24. The Bertz CT molecular complexity index is 1180. The predicted molar refractivity (Wildman–Crippen MR) is 118 cm³/mol. The molecule has 1 atom stereocenters. The summed E-state index contributed by atoms with van der Waals surface area (Å²) in [6.45, 7) is 2.05. The lowest BCUT2D eigenvalue weighted by atomic mass is 10.1. The van der Waals surface area contributed by atoms with Crippen LogP contribution in [-0.4, -0.2) is 27.7 Å². The zero-order valence-corrected chi connectivity index (χ0v) is 17.8. The van der Waals surface area contributed by atoms with Gasteiger partial charge in [0.15, 0.2) is 0 Å². The van der Waals surface area contributed by atoms with E-state index in [2.05, 4.69) is 15.5 Å². The number of carbonyl (C=O) groups is 1. The van der Waals surface area contributed by atoms with Gasteiger partial charge in [0.2, 0.25) is 11.7 Å². The van der Waals surface area contributed by atoms with E-state index in [9.17, 15) is 4.79 Å². The summed E-state index contributed by atoms with van der Waals surface area (Å²) in [5.41, 5.74) is 2.42. The Morgan fingerprint density at radius 2 is 2.00 bits per heavy atom. The lowest BCUT2D eigenvalue weighted by Gasteiger charge is -2.16. The van der Waals surface area contributed by atoms with E-state index >= 15 is 0 Å². The van der Waals surface area contributed by atoms with Gasteiger partial charge in [0.25, 0.3) is 5.89 Å². The molecular formula is C23H21ClN4O3. The van der Waals surface area contributed by atoms with Gasteiger partial charge in [0, 0.05) is 16.8 Å². The second kappa shape index (κ2) is 9.06. The molecular weight excluding hydrogens is 416 g/mol. The molecule has 0 aliphatic carbocycles. The molecule has 1 N–H and O–H groups in total. The van der Waals surface area contributed by atoms with Gasteiger partial charge in [-0.3, -0.25) is 4.79 Å². The second-order valence-corrected chi connectivity index (χ2v) is 7.45. The third-order valence-corrected chi connectivity index (χ3v) is 5.11. The summed E-state index contributed by atoms with van der Waals surface area (Å²) in [7, 11) is 1.62. The summed E-state index contributed by atoms with van der Waals surface area (Å²) in [6.07, 6.45) is 1.80. The van der Waals surface area contributed by atoms with Crippen molar-refractivity contribution in [1.82, 2.24) is 20.0 Å². The van der Waals surface area contributed by atoms with Gasteiger partial charge in [0.05, 0.1) is 13.2 Å². The highest BCUT2D eigenvalue weighted by Gasteiger charge is 2.17. The van der Waals surface area contributed by atoms with Crippen LogP contribution in [0.4, 0.5) is 0 Å². The van der Waals surface area contributed by atoms with E-state index in [1.165, 1.54) is 0 Å². The predicted octanol–water partition coefficient (Wildman–Crippen LogP) is 4.74. The van der Waals surface area contributed by atoms with Gasteiger partial charge in [-0.15, -0.1) is 0 Å². The first kappa shape index (κ1) is 20.7. The summed E-state index contributed by atoms with van der Waals surface area (Å²) < 4.78 is 12.5. The average molecular weight is 437 g/mol. The van der Waals surface area contributed by atoms with Crippen LogP contribution in [0.5, 0.6) is 5.75 Å². The Labute approximate surface area is 184 Å². The summed E-state index contributed by atoms with van der Waals surface area (Å²) in [6, 6.07) is 18.3. The number of carbonyl (C=O) groups excluding carboxylic acids is 1. The van der Waals surface area contributed by atoms with Crippen molar-refractivity contribution in [1.29, 1.82) is 0 Å². The van der Waals surface area contributed by atoms with E-state index in [1.54, 1.807) is 30.0 Å². The van der Waals surface area contributed by atoms with Crippen molar-refractivity contribution < 1.29 is 14.1 Å². The van der Waals surface area contributed by atoms with Crippen molar-refractivity contribution in [2.24, 2.45) is 0 Å². The fourth-order valence-electron chi connectivity index (χ4n) is 3.23. The second-order valence-electron chi connectivity index (χ2n) is 7.02. The Morgan fingerprint density at radius 1 is 1.19 bits per heavy atom. The van der Waals surface area contributed by atoms with Crippen molar-refractivity contribution in [3.8, 4) is 28.7 Å². The Hall–Kier alpha value is -3.58. The van der Waals surface area contributed by atoms with Crippen LogP contribution in [0.2, 0.25) is 5.02 Å². The molecule has 7 nitrogen and oxygen atoms in total. The van der Waals surface area contributed by atoms with Gasteiger partial charge >= 0.3 is 0 Å². The first-order chi connectivity index (χ1) is 15.0. The molecule has 2 aromatic heterocycles. The van der Waals surface area contributed by atoms with E-state index in [-0.39, 0.29) is 18.5 Å². The maximum Gasteiger partial charge on any atom is 0.274 e. The van der Waals surface area contributed by atoms with Crippen LogP contribution in [-0.2, 0) is 11.3 Å². The Balaban J connectivity index is 1.46. The van der Waals surface area contributed by atoms with Gasteiger partial charge in [-0.2, -0.15) is 4.98 Å². The van der Waals surface area contributed by atoms with E-state index in [1.807, 2.05) is 55.5 Å². The largest absolute Gasteiger partial charge is 0.497 e. The molecule has 158 valence electrons. The number of ether oxygens (including phenoxy) is 1. The molecule has 8 heteroatoms. The van der Waals surface area contributed by atoms with Gasteiger partial charge in [-0.1, -0.05) is 28.9 Å². The van der Waals surface area contributed by atoms with Gasteiger partial charge < -0.3 is 19.1 Å². The van der Waals surface area contributed by atoms with Crippen molar-refractivity contribution in [2.45, 2.75) is 19.5 Å². The summed E-state index contributed by atoms with van der Waals surface area (Å²) in [4.78, 5) is 17.1. The van der Waals surface area contributed by atoms with Crippen LogP contribution in [0.3, 0.4) is 0 Å². The number of rotatable bonds is 7. The van der Waals surface area contributed by atoms with Crippen LogP contribution < -0.4 is 10.1 Å². The number of methoxy groups -OCH3 is 1. The molecule has 0 aliphatic heterocycles. The number of halogens is 1. The number of benzene rings is 2. The standard InChI is InChI=1S/C23H21ClN4O3/c1-15(17-5-3-6-19(13-17)30-2)25-21(29)14-28-12-4-7-20(28)23-26-22(27-31-23)16-8-10-18(24)11-9-16/h3-13,15H,14H2,1-2H3,(H,25,29)/t15-/m1/s1. The number of aromatic nitrogens is 3. The molecule has 31 heavy (non-hydrogen) atoms. The average Bonchev–Trinajstić information content (AvgIpc) is 3.43. The number of hydrogen-bond acceptors (Lipinski definition) is 5. The summed E-state index contributed by atoms with van der Waals surface area (Å²) in [5, 5.41) is 7.68. The van der Waals surface area contributed by atoms with Crippen molar-refractivity contribution in [3.05, 3.63) is 77.4 Å². The normalized spacial score (nSPS) is 11.8.